The lowest BCUT2D eigenvalue weighted by molar-refractivity contribution is -0.124. The van der Waals surface area contributed by atoms with Crippen LogP contribution < -0.4 is 5.32 Å². The van der Waals surface area contributed by atoms with E-state index < -0.39 is 0 Å². The predicted octanol–water partition coefficient (Wildman–Crippen LogP) is 2.00. The Labute approximate surface area is 116 Å². The van der Waals surface area contributed by atoms with Crippen molar-refractivity contribution in [2.75, 3.05) is 13.7 Å². The van der Waals surface area contributed by atoms with Gasteiger partial charge in [0.05, 0.1) is 17.2 Å². The molecule has 1 aromatic heterocycles. The maximum atomic E-state index is 11.3. The molecule has 0 fully saturated rings. The molecular formula is C14H16N2O2S. The van der Waals surface area contributed by atoms with Crippen molar-refractivity contribution in [2.45, 2.75) is 13.0 Å². The summed E-state index contributed by atoms with van der Waals surface area (Å²) >= 11 is 1.62. The van der Waals surface area contributed by atoms with Crippen molar-refractivity contribution >= 4 is 17.2 Å². The molecule has 4 nitrogen and oxygen atoms in total. The fraction of sp³-hybridized carbons (Fsp3) is 0.286. The summed E-state index contributed by atoms with van der Waals surface area (Å²) in [6, 6.07) is 10.2. The van der Waals surface area contributed by atoms with E-state index in [1.54, 1.807) is 11.3 Å². The van der Waals surface area contributed by atoms with E-state index in [0.717, 1.165) is 17.1 Å². The summed E-state index contributed by atoms with van der Waals surface area (Å²) in [6.07, 6.45) is 0.831. The second-order valence-corrected chi connectivity index (χ2v) is 5.05. The van der Waals surface area contributed by atoms with Crippen LogP contribution in [0.25, 0.3) is 0 Å². The number of nitrogens with one attached hydrogen (secondary N) is 1. The Kier molecular flexibility index (Phi) is 5.06. The Balaban J connectivity index is 1.87. The third kappa shape index (κ3) is 4.46. The minimum atomic E-state index is -0.125. The summed E-state index contributed by atoms with van der Waals surface area (Å²) in [4.78, 5) is 15.8. The van der Waals surface area contributed by atoms with Gasteiger partial charge < -0.3 is 10.1 Å². The zero-order chi connectivity index (χ0) is 13.5. The quantitative estimate of drug-likeness (QED) is 0.878. The Morgan fingerprint density at radius 3 is 2.89 bits per heavy atom. The van der Waals surface area contributed by atoms with Crippen molar-refractivity contribution in [2.24, 2.45) is 0 Å². The molecule has 0 unspecified atom stereocenters. The van der Waals surface area contributed by atoms with E-state index >= 15 is 0 Å². The third-order valence-corrected chi connectivity index (χ3v) is 3.44. The fourth-order valence-electron chi connectivity index (χ4n) is 1.65. The first-order valence-corrected chi connectivity index (χ1v) is 6.88. The molecule has 100 valence electrons. The number of benzene rings is 1. The highest BCUT2D eigenvalue weighted by atomic mass is 32.1. The van der Waals surface area contributed by atoms with Crippen LogP contribution in [0.3, 0.4) is 0 Å². The van der Waals surface area contributed by atoms with E-state index in [1.165, 1.54) is 12.7 Å². The molecule has 0 saturated heterocycles. The molecule has 2 aromatic rings. The lowest BCUT2D eigenvalue weighted by Crippen LogP contribution is -2.26. The number of hydrogen-bond donors (Lipinski definition) is 1. The minimum Gasteiger partial charge on any atom is -0.375 e. The van der Waals surface area contributed by atoms with Crippen molar-refractivity contribution in [3.8, 4) is 0 Å². The Morgan fingerprint density at radius 2 is 2.16 bits per heavy atom. The molecule has 1 amide bonds. The molecule has 1 aromatic carbocycles. The van der Waals surface area contributed by atoms with Gasteiger partial charge in [-0.05, 0) is 5.56 Å². The van der Waals surface area contributed by atoms with Gasteiger partial charge in [-0.15, -0.1) is 11.3 Å². The number of thiazole rings is 1. The highest BCUT2D eigenvalue weighted by Gasteiger charge is 2.05. The molecule has 1 heterocycles. The largest absolute Gasteiger partial charge is 0.375 e. The van der Waals surface area contributed by atoms with E-state index in [0.29, 0.717) is 6.54 Å². The van der Waals surface area contributed by atoms with Crippen molar-refractivity contribution < 1.29 is 9.53 Å². The molecule has 19 heavy (non-hydrogen) atoms. The van der Waals surface area contributed by atoms with E-state index in [9.17, 15) is 4.79 Å². The Hall–Kier alpha value is -1.72. The highest BCUT2D eigenvalue weighted by Crippen LogP contribution is 2.14. The molecule has 0 atom stereocenters. The number of hydrogen-bond acceptors (Lipinski definition) is 4. The summed E-state index contributed by atoms with van der Waals surface area (Å²) < 4.78 is 4.75. The first-order valence-electron chi connectivity index (χ1n) is 6.01. The number of nitrogens with zero attached hydrogens (tertiary/aromatic N) is 1. The molecule has 0 radical (unpaired) electrons. The van der Waals surface area contributed by atoms with Crippen LogP contribution in [0.2, 0.25) is 0 Å². The zero-order valence-electron chi connectivity index (χ0n) is 10.8. The van der Waals surface area contributed by atoms with Crippen LogP contribution in [0.1, 0.15) is 16.3 Å². The SMILES string of the molecule is COCC(=O)NCc1csc(Cc2ccccc2)n1. The number of rotatable bonds is 6. The molecular weight excluding hydrogens is 260 g/mol. The van der Waals surface area contributed by atoms with Gasteiger partial charge in [0, 0.05) is 18.9 Å². The number of aromatic nitrogens is 1. The standard InChI is InChI=1S/C14H16N2O2S/c1-18-9-13(17)15-8-12-10-19-14(16-12)7-11-5-3-2-4-6-11/h2-6,10H,7-9H2,1H3,(H,15,17). The number of methoxy groups -OCH3 is 1. The Bertz CT molecular complexity index is 525. The molecule has 1 N–H and O–H groups in total. The van der Waals surface area contributed by atoms with Gasteiger partial charge in [-0.2, -0.15) is 0 Å². The van der Waals surface area contributed by atoms with E-state index in [2.05, 4.69) is 22.4 Å². The smallest absolute Gasteiger partial charge is 0.246 e. The van der Waals surface area contributed by atoms with Crippen LogP contribution in [0.4, 0.5) is 0 Å². The van der Waals surface area contributed by atoms with Gasteiger partial charge in [0.15, 0.2) is 0 Å². The van der Waals surface area contributed by atoms with Crippen LogP contribution in [0.15, 0.2) is 35.7 Å². The number of carbonyl (C=O) groups excluding carboxylic acids is 1. The summed E-state index contributed by atoms with van der Waals surface area (Å²) in [5.74, 6) is -0.125. The van der Waals surface area contributed by atoms with E-state index in [-0.39, 0.29) is 12.5 Å². The van der Waals surface area contributed by atoms with Gasteiger partial charge in [0.25, 0.3) is 0 Å². The monoisotopic (exact) mass is 276 g/mol. The zero-order valence-corrected chi connectivity index (χ0v) is 11.6. The summed E-state index contributed by atoms with van der Waals surface area (Å²) in [7, 11) is 1.50. The molecule has 2 rings (SSSR count). The van der Waals surface area contributed by atoms with Gasteiger partial charge in [-0.25, -0.2) is 4.98 Å². The molecule has 0 aliphatic carbocycles. The number of ether oxygens (including phenoxy) is 1. The molecule has 5 heteroatoms. The first-order chi connectivity index (χ1) is 9.28. The van der Waals surface area contributed by atoms with E-state index in [1.807, 2.05) is 23.6 Å². The highest BCUT2D eigenvalue weighted by molar-refractivity contribution is 7.09. The maximum Gasteiger partial charge on any atom is 0.246 e. The van der Waals surface area contributed by atoms with Gasteiger partial charge in [-0.1, -0.05) is 30.3 Å². The van der Waals surface area contributed by atoms with Gasteiger partial charge >= 0.3 is 0 Å². The lowest BCUT2D eigenvalue weighted by atomic mass is 10.2. The van der Waals surface area contributed by atoms with Crippen LogP contribution in [-0.4, -0.2) is 24.6 Å². The number of amides is 1. The van der Waals surface area contributed by atoms with Crippen LogP contribution in [-0.2, 0) is 22.5 Å². The second kappa shape index (κ2) is 7.01. The van der Waals surface area contributed by atoms with Gasteiger partial charge in [-0.3, -0.25) is 4.79 Å². The molecule has 0 aliphatic heterocycles. The first kappa shape index (κ1) is 13.7. The average Bonchev–Trinajstić information content (AvgIpc) is 2.86. The Morgan fingerprint density at radius 1 is 1.37 bits per heavy atom. The normalized spacial score (nSPS) is 10.4. The van der Waals surface area contributed by atoms with Crippen molar-refractivity contribution in [3.05, 3.63) is 52.0 Å². The summed E-state index contributed by atoms with van der Waals surface area (Å²) in [5, 5.41) is 5.79. The number of carbonyl (C=O) groups is 1. The van der Waals surface area contributed by atoms with Crippen LogP contribution >= 0.6 is 11.3 Å². The predicted molar refractivity (Wildman–Crippen MR) is 75.1 cm³/mol. The molecule has 0 bridgehead atoms. The molecule has 0 saturated carbocycles. The van der Waals surface area contributed by atoms with Crippen LogP contribution in [0.5, 0.6) is 0 Å². The molecule has 0 aliphatic rings. The molecule has 0 spiro atoms. The maximum absolute atomic E-state index is 11.3. The third-order valence-electron chi connectivity index (χ3n) is 2.54. The minimum absolute atomic E-state index is 0.0843. The van der Waals surface area contributed by atoms with Crippen molar-refractivity contribution in [1.82, 2.24) is 10.3 Å². The van der Waals surface area contributed by atoms with Crippen molar-refractivity contribution in [1.29, 1.82) is 0 Å². The average molecular weight is 276 g/mol. The van der Waals surface area contributed by atoms with Crippen LogP contribution in [0, 0.1) is 0 Å². The summed E-state index contributed by atoms with van der Waals surface area (Å²) in [6.45, 7) is 0.536. The fourth-order valence-corrected chi connectivity index (χ4v) is 2.48. The van der Waals surface area contributed by atoms with Gasteiger partial charge in [0.1, 0.15) is 6.61 Å². The summed E-state index contributed by atoms with van der Waals surface area (Å²) in [5.41, 5.74) is 2.13. The lowest BCUT2D eigenvalue weighted by Gasteiger charge is -2.01. The topological polar surface area (TPSA) is 51.2 Å². The second-order valence-electron chi connectivity index (χ2n) is 4.10. The van der Waals surface area contributed by atoms with E-state index in [4.69, 9.17) is 4.74 Å². The van der Waals surface area contributed by atoms with Crippen molar-refractivity contribution in [3.63, 3.8) is 0 Å². The van der Waals surface area contributed by atoms with Gasteiger partial charge in [0.2, 0.25) is 5.91 Å².